The highest BCUT2D eigenvalue weighted by Crippen LogP contribution is 2.23. The molecular formula is C10H6BrN3O3S. The van der Waals surface area contributed by atoms with E-state index in [1.165, 1.54) is 29.5 Å². The predicted octanol–water partition coefficient (Wildman–Crippen LogP) is 2.25. The summed E-state index contributed by atoms with van der Waals surface area (Å²) in [5.41, 5.74) is -0.149. The standard InChI is InChI=1S/C10H6BrN3O3S/c11-7-4-12-10(18-7)14-8(15)5-2-1-3-6(13-5)9(16)17/h1-4H,(H,16,17)(H,12,14,15). The van der Waals surface area contributed by atoms with Gasteiger partial charge in [0, 0.05) is 0 Å². The van der Waals surface area contributed by atoms with Crippen LogP contribution in [-0.4, -0.2) is 27.0 Å². The largest absolute Gasteiger partial charge is 0.477 e. The summed E-state index contributed by atoms with van der Waals surface area (Å²) in [6.07, 6.45) is 1.56. The molecule has 18 heavy (non-hydrogen) atoms. The zero-order valence-electron chi connectivity index (χ0n) is 8.75. The number of halogens is 1. The molecule has 0 fully saturated rings. The Balaban J connectivity index is 2.18. The molecule has 0 saturated heterocycles. The summed E-state index contributed by atoms with van der Waals surface area (Å²) in [4.78, 5) is 30.2. The van der Waals surface area contributed by atoms with Gasteiger partial charge in [-0.05, 0) is 28.1 Å². The Hall–Kier alpha value is -1.80. The van der Waals surface area contributed by atoms with Gasteiger partial charge in [-0.2, -0.15) is 0 Å². The molecule has 0 aliphatic carbocycles. The smallest absolute Gasteiger partial charge is 0.354 e. The highest BCUT2D eigenvalue weighted by molar-refractivity contribution is 9.11. The molecule has 2 heterocycles. The van der Waals surface area contributed by atoms with Gasteiger partial charge in [0.15, 0.2) is 5.13 Å². The van der Waals surface area contributed by atoms with Crippen molar-refractivity contribution < 1.29 is 14.7 Å². The van der Waals surface area contributed by atoms with E-state index in [-0.39, 0.29) is 11.4 Å². The second-order valence-corrected chi connectivity index (χ2v) is 5.55. The van der Waals surface area contributed by atoms with Crippen LogP contribution < -0.4 is 5.32 Å². The van der Waals surface area contributed by atoms with Gasteiger partial charge in [-0.1, -0.05) is 17.4 Å². The molecule has 0 aliphatic heterocycles. The number of aromatic carboxylic acids is 1. The first-order valence-electron chi connectivity index (χ1n) is 4.69. The van der Waals surface area contributed by atoms with Crippen LogP contribution >= 0.6 is 27.3 Å². The van der Waals surface area contributed by atoms with Gasteiger partial charge in [0.05, 0.1) is 9.98 Å². The number of hydrogen-bond donors (Lipinski definition) is 2. The van der Waals surface area contributed by atoms with Crippen LogP contribution in [0.25, 0.3) is 0 Å². The minimum absolute atomic E-state index is 0.0289. The number of rotatable bonds is 3. The number of carboxylic acids is 1. The Morgan fingerprint density at radius 1 is 1.33 bits per heavy atom. The summed E-state index contributed by atoms with van der Waals surface area (Å²) in [5, 5.41) is 11.7. The number of nitrogens with zero attached hydrogens (tertiary/aromatic N) is 2. The van der Waals surface area contributed by atoms with Crippen LogP contribution in [0.15, 0.2) is 28.2 Å². The molecule has 0 aromatic carbocycles. The number of amides is 1. The van der Waals surface area contributed by atoms with E-state index < -0.39 is 11.9 Å². The van der Waals surface area contributed by atoms with Crippen molar-refractivity contribution in [3.05, 3.63) is 39.6 Å². The average Bonchev–Trinajstić information content (AvgIpc) is 2.75. The van der Waals surface area contributed by atoms with Gasteiger partial charge < -0.3 is 5.11 Å². The maximum atomic E-state index is 11.8. The topological polar surface area (TPSA) is 92.2 Å². The molecule has 92 valence electrons. The van der Waals surface area contributed by atoms with Crippen LogP contribution in [0.2, 0.25) is 0 Å². The molecular weight excluding hydrogens is 322 g/mol. The van der Waals surface area contributed by atoms with Gasteiger partial charge in [0.1, 0.15) is 11.4 Å². The lowest BCUT2D eigenvalue weighted by Crippen LogP contribution is -2.15. The van der Waals surface area contributed by atoms with Gasteiger partial charge in [-0.3, -0.25) is 10.1 Å². The predicted molar refractivity (Wildman–Crippen MR) is 69.0 cm³/mol. The van der Waals surface area contributed by atoms with Crippen molar-refractivity contribution in [2.45, 2.75) is 0 Å². The minimum atomic E-state index is -1.18. The highest BCUT2D eigenvalue weighted by atomic mass is 79.9. The van der Waals surface area contributed by atoms with E-state index in [1.54, 1.807) is 6.20 Å². The third kappa shape index (κ3) is 2.90. The molecule has 0 saturated carbocycles. The molecule has 6 nitrogen and oxygen atoms in total. The monoisotopic (exact) mass is 327 g/mol. The van der Waals surface area contributed by atoms with Crippen molar-refractivity contribution in [3.63, 3.8) is 0 Å². The third-order valence-corrected chi connectivity index (χ3v) is 3.29. The second-order valence-electron chi connectivity index (χ2n) is 3.14. The van der Waals surface area contributed by atoms with Crippen molar-refractivity contribution in [3.8, 4) is 0 Å². The van der Waals surface area contributed by atoms with Crippen LogP contribution in [0.5, 0.6) is 0 Å². The number of pyridine rings is 1. The van der Waals surface area contributed by atoms with Crippen molar-refractivity contribution in [1.29, 1.82) is 0 Å². The van der Waals surface area contributed by atoms with Crippen LogP contribution in [0.1, 0.15) is 21.0 Å². The van der Waals surface area contributed by atoms with Crippen LogP contribution in [-0.2, 0) is 0 Å². The second kappa shape index (κ2) is 5.23. The van der Waals surface area contributed by atoms with Crippen molar-refractivity contribution >= 4 is 44.3 Å². The van der Waals surface area contributed by atoms with E-state index in [0.717, 1.165) is 3.79 Å². The summed E-state index contributed by atoms with van der Waals surface area (Å²) >= 11 is 4.47. The molecule has 8 heteroatoms. The average molecular weight is 328 g/mol. The Morgan fingerprint density at radius 3 is 2.67 bits per heavy atom. The summed E-state index contributed by atoms with van der Waals surface area (Å²) in [6.45, 7) is 0. The van der Waals surface area contributed by atoms with Crippen LogP contribution in [0, 0.1) is 0 Å². The molecule has 0 bridgehead atoms. The van der Waals surface area contributed by atoms with E-state index in [1.807, 2.05) is 0 Å². The van der Waals surface area contributed by atoms with Crippen molar-refractivity contribution in [2.75, 3.05) is 5.32 Å². The summed E-state index contributed by atoms with van der Waals surface area (Å²) in [7, 11) is 0. The van der Waals surface area contributed by atoms with E-state index in [4.69, 9.17) is 5.11 Å². The molecule has 2 N–H and O–H groups in total. The lowest BCUT2D eigenvalue weighted by atomic mass is 10.3. The highest BCUT2D eigenvalue weighted by Gasteiger charge is 2.12. The number of carbonyl (C=O) groups is 2. The van der Waals surface area contributed by atoms with Crippen LogP contribution in [0.4, 0.5) is 5.13 Å². The molecule has 0 atom stereocenters. The first-order chi connectivity index (χ1) is 8.56. The van der Waals surface area contributed by atoms with E-state index in [2.05, 4.69) is 31.2 Å². The quantitative estimate of drug-likeness (QED) is 0.901. The normalized spacial score (nSPS) is 10.1. The Morgan fingerprint density at radius 2 is 2.06 bits per heavy atom. The van der Waals surface area contributed by atoms with Crippen molar-refractivity contribution in [1.82, 2.24) is 9.97 Å². The number of thiazole rings is 1. The molecule has 0 aliphatic rings. The van der Waals surface area contributed by atoms with E-state index in [9.17, 15) is 9.59 Å². The molecule has 0 spiro atoms. The molecule has 0 radical (unpaired) electrons. The Labute approximate surface area is 114 Å². The Kier molecular flexibility index (Phi) is 3.68. The zero-order chi connectivity index (χ0) is 13.1. The lowest BCUT2D eigenvalue weighted by Gasteiger charge is -2.01. The van der Waals surface area contributed by atoms with E-state index in [0.29, 0.717) is 5.13 Å². The van der Waals surface area contributed by atoms with Crippen LogP contribution in [0.3, 0.4) is 0 Å². The number of aromatic nitrogens is 2. The molecule has 0 unspecified atom stereocenters. The first-order valence-corrected chi connectivity index (χ1v) is 6.30. The third-order valence-electron chi connectivity index (χ3n) is 1.90. The molecule has 2 aromatic heterocycles. The summed E-state index contributed by atoms with van der Waals surface area (Å²) in [6, 6.07) is 4.21. The number of carboxylic acid groups (broad SMARTS) is 1. The van der Waals surface area contributed by atoms with Gasteiger partial charge in [0.25, 0.3) is 5.91 Å². The molecule has 1 amide bonds. The fourth-order valence-electron chi connectivity index (χ4n) is 1.15. The molecule has 2 aromatic rings. The first kappa shape index (κ1) is 12.7. The molecule has 2 rings (SSSR count). The van der Waals surface area contributed by atoms with Gasteiger partial charge >= 0.3 is 5.97 Å². The fraction of sp³-hybridized carbons (Fsp3) is 0. The SMILES string of the molecule is O=C(O)c1cccc(C(=O)Nc2ncc(Br)s2)n1. The van der Waals surface area contributed by atoms with Gasteiger partial charge in [0.2, 0.25) is 0 Å². The summed E-state index contributed by atoms with van der Waals surface area (Å²) in [5.74, 6) is -1.68. The minimum Gasteiger partial charge on any atom is -0.477 e. The zero-order valence-corrected chi connectivity index (χ0v) is 11.2. The summed E-state index contributed by atoms with van der Waals surface area (Å²) < 4.78 is 0.782. The number of hydrogen-bond acceptors (Lipinski definition) is 5. The van der Waals surface area contributed by atoms with Gasteiger partial charge in [-0.25, -0.2) is 14.8 Å². The van der Waals surface area contributed by atoms with E-state index >= 15 is 0 Å². The maximum Gasteiger partial charge on any atom is 0.354 e. The van der Waals surface area contributed by atoms with Crippen molar-refractivity contribution in [2.24, 2.45) is 0 Å². The number of carbonyl (C=O) groups excluding carboxylic acids is 1. The number of anilines is 1. The fourth-order valence-corrected chi connectivity index (χ4v) is 2.26. The lowest BCUT2D eigenvalue weighted by molar-refractivity contribution is 0.0690. The Bertz CT molecular complexity index is 614. The maximum absolute atomic E-state index is 11.8. The van der Waals surface area contributed by atoms with Gasteiger partial charge in [-0.15, -0.1) is 0 Å². The number of nitrogens with one attached hydrogen (secondary N) is 1.